The topological polar surface area (TPSA) is 55.5 Å². The molecule has 0 aliphatic carbocycles. The van der Waals surface area contributed by atoms with Gasteiger partial charge in [-0.15, -0.1) is 0 Å². The number of nitrogens with two attached hydrogens (primary N) is 1. The van der Waals surface area contributed by atoms with Gasteiger partial charge in [0.15, 0.2) is 0 Å². The summed E-state index contributed by atoms with van der Waals surface area (Å²) in [4.78, 5) is 0. The molecule has 3 N–H and O–H groups in total. The molecule has 1 unspecified atom stereocenters. The van der Waals surface area contributed by atoms with Crippen LogP contribution in [0.1, 0.15) is 37.8 Å². The monoisotopic (exact) mass is 257 g/mol. The molecular weight excluding hydrogens is 238 g/mol. The van der Waals surface area contributed by atoms with Crippen molar-refractivity contribution in [3.8, 4) is 5.75 Å². The van der Waals surface area contributed by atoms with Crippen LogP contribution >= 0.6 is 11.6 Å². The maximum atomic E-state index is 8.64. The Balaban J connectivity index is 2.43. The van der Waals surface area contributed by atoms with Gasteiger partial charge in [0, 0.05) is 12.6 Å². The van der Waals surface area contributed by atoms with Gasteiger partial charge in [-0.05, 0) is 43.9 Å². The molecule has 0 saturated carbocycles. The third-order valence-corrected chi connectivity index (χ3v) is 2.84. The van der Waals surface area contributed by atoms with Gasteiger partial charge in [-0.1, -0.05) is 17.7 Å². The zero-order valence-electron chi connectivity index (χ0n) is 10.2. The van der Waals surface area contributed by atoms with Crippen LogP contribution in [0.25, 0.3) is 0 Å². The Labute approximate surface area is 108 Å². The van der Waals surface area contributed by atoms with Crippen LogP contribution in [0, 0.1) is 0 Å². The predicted molar refractivity (Wildman–Crippen MR) is 70.5 cm³/mol. The van der Waals surface area contributed by atoms with Crippen molar-refractivity contribution in [2.24, 2.45) is 5.73 Å². The van der Waals surface area contributed by atoms with E-state index in [1.165, 1.54) is 0 Å². The van der Waals surface area contributed by atoms with Gasteiger partial charge in [0.1, 0.15) is 5.75 Å². The number of rotatable bonds is 7. The first-order valence-electron chi connectivity index (χ1n) is 5.94. The number of hydrogen-bond acceptors (Lipinski definition) is 3. The predicted octanol–water partition coefficient (Wildman–Crippen LogP) is 2.90. The third kappa shape index (κ3) is 4.94. The standard InChI is InChI=1S/C13H20ClNO2/c1-10(15)11-5-6-13(12(14)9-11)17-8-4-2-3-7-16/h5-6,9-10,16H,2-4,7-8,15H2,1H3. The summed E-state index contributed by atoms with van der Waals surface area (Å²) in [5, 5.41) is 9.23. The molecular formula is C13H20ClNO2. The van der Waals surface area contributed by atoms with Crippen LogP contribution in [0.5, 0.6) is 5.75 Å². The second-order valence-electron chi connectivity index (χ2n) is 4.11. The van der Waals surface area contributed by atoms with Crippen LogP contribution in [0.3, 0.4) is 0 Å². The molecule has 1 rings (SSSR count). The summed E-state index contributed by atoms with van der Waals surface area (Å²) in [5.41, 5.74) is 6.77. The first-order chi connectivity index (χ1) is 8.15. The van der Waals surface area contributed by atoms with Crippen molar-refractivity contribution >= 4 is 11.6 Å². The van der Waals surface area contributed by atoms with Crippen molar-refractivity contribution in [2.75, 3.05) is 13.2 Å². The van der Waals surface area contributed by atoms with E-state index in [1.807, 2.05) is 25.1 Å². The number of unbranched alkanes of at least 4 members (excludes halogenated alkanes) is 2. The summed E-state index contributed by atoms with van der Waals surface area (Å²) < 4.78 is 5.56. The minimum Gasteiger partial charge on any atom is -0.492 e. The smallest absolute Gasteiger partial charge is 0.137 e. The summed E-state index contributed by atoms with van der Waals surface area (Å²) >= 11 is 6.09. The molecule has 1 aromatic rings. The molecule has 0 bridgehead atoms. The van der Waals surface area contributed by atoms with E-state index < -0.39 is 0 Å². The largest absolute Gasteiger partial charge is 0.492 e. The molecule has 17 heavy (non-hydrogen) atoms. The Morgan fingerprint density at radius 2 is 2.12 bits per heavy atom. The van der Waals surface area contributed by atoms with Gasteiger partial charge in [0.25, 0.3) is 0 Å². The summed E-state index contributed by atoms with van der Waals surface area (Å²) in [6.07, 6.45) is 2.71. The second-order valence-corrected chi connectivity index (χ2v) is 4.52. The number of aliphatic hydroxyl groups excluding tert-OH is 1. The van der Waals surface area contributed by atoms with Crippen molar-refractivity contribution in [1.29, 1.82) is 0 Å². The van der Waals surface area contributed by atoms with Crippen molar-refractivity contribution in [2.45, 2.75) is 32.2 Å². The third-order valence-electron chi connectivity index (χ3n) is 2.54. The van der Waals surface area contributed by atoms with Crippen molar-refractivity contribution in [1.82, 2.24) is 0 Å². The number of halogens is 1. The van der Waals surface area contributed by atoms with Crippen LogP contribution in [-0.2, 0) is 0 Å². The maximum absolute atomic E-state index is 8.64. The molecule has 4 heteroatoms. The van der Waals surface area contributed by atoms with Gasteiger partial charge < -0.3 is 15.6 Å². The van der Waals surface area contributed by atoms with Gasteiger partial charge in [-0.3, -0.25) is 0 Å². The Morgan fingerprint density at radius 1 is 1.35 bits per heavy atom. The molecule has 0 spiro atoms. The van der Waals surface area contributed by atoms with E-state index in [4.69, 9.17) is 27.2 Å². The Hall–Kier alpha value is -0.770. The SMILES string of the molecule is CC(N)c1ccc(OCCCCCO)c(Cl)c1. The van der Waals surface area contributed by atoms with Crippen molar-refractivity contribution < 1.29 is 9.84 Å². The molecule has 0 fully saturated rings. The fraction of sp³-hybridized carbons (Fsp3) is 0.538. The Morgan fingerprint density at radius 3 is 2.71 bits per heavy atom. The van der Waals surface area contributed by atoms with E-state index in [1.54, 1.807) is 0 Å². The first kappa shape index (κ1) is 14.3. The van der Waals surface area contributed by atoms with Gasteiger partial charge in [-0.2, -0.15) is 0 Å². The summed E-state index contributed by atoms with van der Waals surface area (Å²) in [5.74, 6) is 0.695. The highest BCUT2D eigenvalue weighted by molar-refractivity contribution is 6.32. The van der Waals surface area contributed by atoms with Crippen LogP contribution in [0.15, 0.2) is 18.2 Å². The van der Waals surface area contributed by atoms with Crippen LogP contribution < -0.4 is 10.5 Å². The number of benzene rings is 1. The summed E-state index contributed by atoms with van der Waals surface area (Å²) in [7, 11) is 0. The van der Waals surface area contributed by atoms with E-state index >= 15 is 0 Å². The Bertz CT molecular complexity index is 342. The molecule has 0 aliphatic rings. The number of aliphatic hydroxyl groups is 1. The quantitative estimate of drug-likeness (QED) is 0.739. The average Bonchev–Trinajstić information content (AvgIpc) is 2.30. The van der Waals surface area contributed by atoms with E-state index in [0.717, 1.165) is 24.8 Å². The lowest BCUT2D eigenvalue weighted by Crippen LogP contribution is -2.05. The van der Waals surface area contributed by atoms with E-state index in [-0.39, 0.29) is 12.6 Å². The van der Waals surface area contributed by atoms with E-state index in [0.29, 0.717) is 17.4 Å². The zero-order valence-corrected chi connectivity index (χ0v) is 10.9. The molecule has 0 amide bonds. The highest BCUT2D eigenvalue weighted by atomic mass is 35.5. The average molecular weight is 258 g/mol. The number of hydrogen-bond donors (Lipinski definition) is 2. The van der Waals surface area contributed by atoms with Gasteiger partial charge in [0.2, 0.25) is 0 Å². The van der Waals surface area contributed by atoms with Crippen LogP contribution in [-0.4, -0.2) is 18.3 Å². The highest BCUT2D eigenvalue weighted by Crippen LogP contribution is 2.27. The van der Waals surface area contributed by atoms with E-state index in [9.17, 15) is 0 Å². The Kier molecular flexibility index (Phi) is 6.34. The minimum atomic E-state index is -0.0221. The molecule has 0 radical (unpaired) electrons. The minimum absolute atomic E-state index is 0.0221. The molecule has 0 aromatic heterocycles. The molecule has 1 atom stereocenters. The summed E-state index contributed by atoms with van der Waals surface area (Å²) in [6.45, 7) is 2.78. The molecule has 0 heterocycles. The van der Waals surface area contributed by atoms with Crippen molar-refractivity contribution in [3.63, 3.8) is 0 Å². The lowest BCUT2D eigenvalue weighted by atomic mass is 10.1. The van der Waals surface area contributed by atoms with E-state index in [2.05, 4.69) is 0 Å². The molecule has 96 valence electrons. The normalized spacial score (nSPS) is 12.5. The lowest BCUT2D eigenvalue weighted by molar-refractivity contribution is 0.266. The highest BCUT2D eigenvalue weighted by Gasteiger charge is 2.05. The summed E-state index contributed by atoms with van der Waals surface area (Å²) in [6, 6.07) is 5.60. The second kappa shape index (κ2) is 7.54. The first-order valence-corrected chi connectivity index (χ1v) is 6.31. The number of ether oxygens (including phenoxy) is 1. The fourth-order valence-corrected chi connectivity index (χ4v) is 1.73. The lowest BCUT2D eigenvalue weighted by Gasteiger charge is -2.11. The van der Waals surface area contributed by atoms with Crippen LogP contribution in [0.4, 0.5) is 0 Å². The van der Waals surface area contributed by atoms with Gasteiger partial charge >= 0.3 is 0 Å². The molecule has 1 aromatic carbocycles. The van der Waals surface area contributed by atoms with Gasteiger partial charge in [0.05, 0.1) is 11.6 Å². The van der Waals surface area contributed by atoms with Gasteiger partial charge in [-0.25, -0.2) is 0 Å². The van der Waals surface area contributed by atoms with Crippen LogP contribution in [0.2, 0.25) is 5.02 Å². The molecule has 3 nitrogen and oxygen atoms in total. The zero-order chi connectivity index (χ0) is 12.7. The fourth-order valence-electron chi connectivity index (χ4n) is 1.49. The molecule has 0 aliphatic heterocycles. The molecule has 0 saturated heterocycles. The maximum Gasteiger partial charge on any atom is 0.137 e. The van der Waals surface area contributed by atoms with Crippen molar-refractivity contribution in [3.05, 3.63) is 28.8 Å².